The smallest absolute Gasteiger partial charge is 0.126 e. The summed E-state index contributed by atoms with van der Waals surface area (Å²) in [4.78, 5) is 4.37. The summed E-state index contributed by atoms with van der Waals surface area (Å²) in [5, 5.41) is 4.02. The summed E-state index contributed by atoms with van der Waals surface area (Å²) in [5.74, 6) is 0.889. The third-order valence-corrected chi connectivity index (χ3v) is 2.49. The Kier molecular flexibility index (Phi) is 3.42. The van der Waals surface area contributed by atoms with Gasteiger partial charge >= 0.3 is 0 Å². The lowest BCUT2D eigenvalue weighted by atomic mass is 10.2. The number of halogens is 1. The summed E-state index contributed by atoms with van der Waals surface area (Å²) >= 11 is 5.91. The van der Waals surface area contributed by atoms with Gasteiger partial charge in [0.1, 0.15) is 5.82 Å². The molecule has 0 spiro atoms. The Hall–Kier alpha value is -1.54. The average Bonchev–Trinajstić information content (AvgIpc) is 2.27. The summed E-state index contributed by atoms with van der Waals surface area (Å²) in [7, 11) is 0. The maximum absolute atomic E-state index is 5.91. The molecule has 0 aliphatic heterocycles. The van der Waals surface area contributed by atoms with Gasteiger partial charge in [-0.25, -0.2) is 4.98 Å². The van der Waals surface area contributed by atoms with Crippen LogP contribution in [0.2, 0.25) is 5.02 Å². The molecule has 0 saturated carbocycles. The largest absolute Gasteiger partial charge is 0.366 e. The van der Waals surface area contributed by atoms with Gasteiger partial charge in [0.15, 0.2) is 0 Å². The lowest BCUT2D eigenvalue weighted by molar-refractivity contribution is 1.09. The van der Waals surface area contributed by atoms with Crippen LogP contribution in [0.25, 0.3) is 0 Å². The minimum absolute atomic E-state index is 0.733. The molecule has 0 atom stereocenters. The Morgan fingerprint density at radius 2 is 2.00 bits per heavy atom. The maximum atomic E-state index is 5.91. The first-order valence-electron chi connectivity index (χ1n) is 5.16. The van der Waals surface area contributed by atoms with E-state index >= 15 is 0 Å². The van der Waals surface area contributed by atoms with Crippen LogP contribution in [0.4, 0.5) is 5.82 Å². The molecule has 1 aromatic carbocycles. The van der Waals surface area contributed by atoms with Crippen molar-refractivity contribution < 1.29 is 0 Å². The second-order valence-electron chi connectivity index (χ2n) is 3.65. The highest BCUT2D eigenvalue weighted by Crippen LogP contribution is 2.12. The monoisotopic (exact) mass is 232 g/mol. The van der Waals surface area contributed by atoms with Gasteiger partial charge in [-0.2, -0.15) is 0 Å². The lowest BCUT2D eigenvalue weighted by Gasteiger charge is -2.06. The molecule has 0 aliphatic rings. The van der Waals surface area contributed by atoms with Crippen LogP contribution in [-0.4, -0.2) is 4.98 Å². The Balaban J connectivity index is 2.02. The predicted molar refractivity (Wildman–Crippen MR) is 67.8 cm³/mol. The van der Waals surface area contributed by atoms with E-state index in [0.717, 1.165) is 28.6 Å². The Morgan fingerprint density at radius 3 is 2.75 bits per heavy atom. The minimum atomic E-state index is 0.733. The first-order chi connectivity index (χ1) is 7.74. The molecule has 0 unspecified atom stereocenters. The van der Waals surface area contributed by atoms with Gasteiger partial charge in [-0.05, 0) is 36.8 Å². The van der Waals surface area contributed by atoms with Crippen molar-refractivity contribution in [2.75, 3.05) is 5.32 Å². The van der Waals surface area contributed by atoms with Gasteiger partial charge in [0, 0.05) is 17.3 Å². The number of anilines is 1. The van der Waals surface area contributed by atoms with E-state index in [1.165, 1.54) is 0 Å². The zero-order valence-electron chi connectivity index (χ0n) is 9.07. The van der Waals surface area contributed by atoms with Crippen LogP contribution in [0, 0.1) is 6.92 Å². The molecule has 0 radical (unpaired) electrons. The van der Waals surface area contributed by atoms with Crippen molar-refractivity contribution in [3.63, 3.8) is 0 Å². The topological polar surface area (TPSA) is 24.9 Å². The van der Waals surface area contributed by atoms with Crippen LogP contribution in [0.5, 0.6) is 0 Å². The van der Waals surface area contributed by atoms with E-state index in [1.54, 1.807) is 0 Å². The zero-order chi connectivity index (χ0) is 11.4. The van der Waals surface area contributed by atoms with Crippen molar-refractivity contribution in [3.8, 4) is 0 Å². The third-order valence-electron chi connectivity index (χ3n) is 2.25. The number of rotatable bonds is 3. The molecule has 3 heteroatoms. The van der Waals surface area contributed by atoms with Crippen LogP contribution in [0.15, 0.2) is 42.5 Å². The summed E-state index contributed by atoms with van der Waals surface area (Å²) in [5.41, 5.74) is 2.16. The molecule has 1 aromatic heterocycles. The number of nitrogens with zero attached hydrogens (tertiary/aromatic N) is 1. The molecule has 2 rings (SSSR count). The summed E-state index contributed by atoms with van der Waals surface area (Å²) in [6.45, 7) is 2.71. The van der Waals surface area contributed by atoms with Crippen LogP contribution < -0.4 is 5.32 Å². The molecule has 0 aliphatic carbocycles. The fraction of sp³-hybridized carbons (Fsp3) is 0.154. The highest BCUT2D eigenvalue weighted by atomic mass is 35.5. The highest BCUT2D eigenvalue weighted by Gasteiger charge is 1.96. The fourth-order valence-corrected chi connectivity index (χ4v) is 1.69. The van der Waals surface area contributed by atoms with Crippen molar-refractivity contribution in [3.05, 3.63) is 58.7 Å². The van der Waals surface area contributed by atoms with Crippen molar-refractivity contribution >= 4 is 17.4 Å². The van der Waals surface area contributed by atoms with Gasteiger partial charge in [-0.3, -0.25) is 0 Å². The first kappa shape index (κ1) is 11.0. The number of hydrogen-bond acceptors (Lipinski definition) is 2. The fourth-order valence-electron chi connectivity index (χ4n) is 1.48. The number of hydrogen-bond donors (Lipinski definition) is 1. The van der Waals surface area contributed by atoms with E-state index in [4.69, 9.17) is 11.6 Å². The van der Waals surface area contributed by atoms with E-state index in [9.17, 15) is 0 Å². The van der Waals surface area contributed by atoms with Crippen molar-refractivity contribution in [1.29, 1.82) is 0 Å². The van der Waals surface area contributed by atoms with E-state index in [1.807, 2.05) is 49.4 Å². The van der Waals surface area contributed by atoms with Crippen molar-refractivity contribution in [2.45, 2.75) is 13.5 Å². The molecule has 0 fully saturated rings. The number of aromatic nitrogens is 1. The molecule has 2 aromatic rings. The van der Waals surface area contributed by atoms with Gasteiger partial charge in [-0.1, -0.05) is 29.8 Å². The standard InChI is InChI=1S/C13H13ClN2/c1-10-4-2-7-13(16-10)15-9-11-5-3-6-12(14)8-11/h2-8H,9H2,1H3,(H,15,16). The average molecular weight is 233 g/mol. The van der Waals surface area contributed by atoms with Crippen LogP contribution >= 0.6 is 11.6 Å². The second-order valence-corrected chi connectivity index (χ2v) is 4.08. The number of aryl methyl sites for hydroxylation is 1. The third kappa shape index (κ3) is 2.97. The summed E-state index contributed by atoms with van der Waals surface area (Å²) < 4.78 is 0. The van der Waals surface area contributed by atoms with Gasteiger partial charge < -0.3 is 5.32 Å². The SMILES string of the molecule is Cc1cccc(NCc2cccc(Cl)c2)n1. The molecular weight excluding hydrogens is 220 g/mol. The van der Waals surface area contributed by atoms with Gasteiger partial charge in [0.25, 0.3) is 0 Å². The zero-order valence-corrected chi connectivity index (χ0v) is 9.83. The first-order valence-corrected chi connectivity index (χ1v) is 5.54. The van der Waals surface area contributed by atoms with E-state index < -0.39 is 0 Å². The van der Waals surface area contributed by atoms with Crippen molar-refractivity contribution in [2.24, 2.45) is 0 Å². The van der Waals surface area contributed by atoms with E-state index in [0.29, 0.717) is 0 Å². The molecule has 0 bridgehead atoms. The Labute approximate surface area is 100 Å². The summed E-state index contributed by atoms with van der Waals surface area (Å²) in [6.07, 6.45) is 0. The molecule has 1 heterocycles. The highest BCUT2D eigenvalue weighted by molar-refractivity contribution is 6.30. The second kappa shape index (κ2) is 4.99. The number of pyridine rings is 1. The predicted octanol–water partition coefficient (Wildman–Crippen LogP) is 3.66. The number of nitrogens with one attached hydrogen (secondary N) is 1. The number of benzene rings is 1. The lowest BCUT2D eigenvalue weighted by Crippen LogP contribution is -2.01. The van der Waals surface area contributed by atoms with Gasteiger partial charge in [0.05, 0.1) is 0 Å². The van der Waals surface area contributed by atoms with Gasteiger partial charge in [-0.15, -0.1) is 0 Å². The molecule has 0 saturated heterocycles. The van der Waals surface area contributed by atoms with Crippen LogP contribution in [0.1, 0.15) is 11.3 Å². The van der Waals surface area contributed by atoms with Crippen LogP contribution in [0.3, 0.4) is 0 Å². The quantitative estimate of drug-likeness (QED) is 0.874. The van der Waals surface area contributed by atoms with Crippen molar-refractivity contribution in [1.82, 2.24) is 4.98 Å². The maximum Gasteiger partial charge on any atom is 0.126 e. The molecule has 16 heavy (non-hydrogen) atoms. The Morgan fingerprint density at radius 1 is 1.19 bits per heavy atom. The summed E-state index contributed by atoms with van der Waals surface area (Å²) in [6, 6.07) is 13.7. The van der Waals surface area contributed by atoms with E-state index in [2.05, 4.69) is 10.3 Å². The van der Waals surface area contributed by atoms with Gasteiger partial charge in [0.2, 0.25) is 0 Å². The Bertz CT molecular complexity index is 437. The van der Waals surface area contributed by atoms with Crippen LogP contribution in [-0.2, 0) is 6.54 Å². The minimum Gasteiger partial charge on any atom is -0.366 e. The molecule has 0 amide bonds. The normalized spacial score (nSPS) is 10.1. The molecule has 82 valence electrons. The molecular formula is C13H13ClN2. The molecule has 2 nitrogen and oxygen atoms in total. The molecule has 1 N–H and O–H groups in total. The van der Waals surface area contributed by atoms with E-state index in [-0.39, 0.29) is 0 Å².